The van der Waals surface area contributed by atoms with Crippen LogP contribution in [0.2, 0.25) is 0 Å². The number of hydrogen-bond donors (Lipinski definition) is 1. The lowest BCUT2D eigenvalue weighted by molar-refractivity contribution is -0.130. The van der Waals surface area contributed by atoms with Crippen molar-refractivity contribution in [1.82, 2.24) is 24.9 Å². The molecule has 7 heteroatoms. The van der Waals surface area contributed by atoms with Gasteiger partial charge in [0.05, 0.1) is 23.3 Å². The van der Waals surface area contributed by atoms with E-state index in [0.29, 0.717) is 19.6 Å². The van der Waals surface area contributed by atoms with Gasteiger partial charge < -0.3 is 15.1 Å². The minimum atomic E-state index is -0.0975. The highest BCUT2D eigenvalue weighted by Gasteiger charge is 2.45. The highest BCUT2D eigenvalue weighted by Crippen LogP contribution is 2.30. The van der Waals surface area contributed by atoms with E-state index < -0.39 is 0 Å². The van der Waals surface area contributed by atoms with E-state index in [0.717, 1.165) is 29.8 Å². The fourth-order valence-electron chi connectivity index (χ4n) is 4.13. The molecule has 0 unspecified atom stereocenters. The van der Waals surface area contributed by atoms with E-state index in [1.165, 1.54) is 0 Å². The van der Waals surface area contributed by atoms with Crippen LogP contribution in [0, 0.1) is 12.8 Å². The summed E-state index contributed by atoms with van der Waals surface area (Å²) >= 11 is 0. The third-order valence-electron chi connectivity index (χ3n) is 5.65. The SMILES string of the molecule is Cc1nn(-c2ccccc2)cc1CNC(=O)N1CCC[C@H]2C(=O)N(C)C[C@H]21. The van der Waals surface area contributed by atoms with Crippen molar-refractivity contribution >= 4 is 11.9 Å². The van der Waals surface area contributed by atoms with E-state index in [9.17, 15) is 9.59 Å². The summed E-state index contributed by atoms with van der Waals surface area (Å²) in [4.78, 5) is 28.6. The topological polar surface area (TPSA) is 70.5 Å². The van der Waals surface area contributed by atoms with Crippen LogP contribution in [0.25, 0.3) is 5.69 Å². The van der Waals surface area contributed by atoms with E-state index in [1.807, 2.05) is 60.1 Å². The zero-order valence-corrected chi connectivity index (χ0v) is 15.8. The first-order valence-corrected chi connectivity index (χ1v) is 9.44. The van der Waals surface area contributed by atoms with Crippen molar-refractivity contribution in [1.29, 1.82) is 0 Å². The Morgan fingerprint density at radius 1 is 1.30 bits per heavy atom. The van der Waals surface area contributed by atoms with Crippen molar-refractivity contribution in [2.75, 3.05) is 20.1 Å². The van der Waals surface area contributed by atoms with Crippen molar-refractivity contribution in [3.8, 4) is 5.69 Å². The van der Waals surface area contributed by atoms with Gasteiger partial charge in [-0.1, -0.05) is 18.2 Å². The molecule has 0 saturated carbocycles. The molecule has 142 valence electrons. The molecule has 1 aromatic heterocycles. The summed E-state index contributed by atoms with van der Waals surface area (Å²) in [6.45, 7) is 3.70. The Kier molecular flexibility index (Phi) is 4.59. The summed E-state index contributed by atoms with van der Waals surface area (Å²) in [6.07, 6.45) is 3.70. The van der Waals surface area contributed by atoms with Crippen LogP contribution in [-0.2, 0) is 11.3 Å². The van der Waals surface area contributed by atoms with E-state index in [4.69, 9.17) is 0 Å². The number of likely N-dealkylation sites (N-methyl/N-ethyl adjacent to an activating group) is 1. The molecule has 2 aliphatic rings. The summed E-state index contributed by atoms with van der Waals surface area (Å²) in [5.74, 6) is 0.120. The Bertz CT molecular complexity index is 847. The van der Waals surface area contributed by atoms with Gasteiger partial charge in [0.1, 0.15) is 0 Å². The van der Waals surface area contributed by atoms with Gasteiger partial charge in [-0.25, -0.2) is 9.48 Å². The minimum absolute atomic E-state index is 0.00983. The van der Waals surface area contributed by atoms with Gasteiger partial charge in [0.25, 0.3) is 0 Å². The standard InChI is InChI=1S/C20H25N5O2/c1-14-15(12-25(22-14)16-7-4-3-5-8-16)11-21-20(27)24-10-6-9-17-18(24)13-23(2)19(17)26/h3-5,7-8,12,17-18H,6,9-11,13H2,1-2H3,(H,21,27)/t17-,18-/m1/s1. The number of hydrogen-bond acceptors (Lipinski definition) is 3. The summed E-state index contributed by atoms with van der Waals surface area (Å²) in [6, 6.07) is 9.80. The number of rotatable bonds is 3. The van der Waals surface area contributed by atoms with Gasteiger partial charge in [-0.2, -0.15) is 5.10 Å². The number of carbonyl (C=O) groups is 2. The predicted octanol–water partition coefficient (Wildman–Crippen LogP) is 1.94. The lowest BCUT2D eigenvalue weighted by Gasteiger charge is -2.35. The van der Waals surface area contributed by atoms with Crippen molar-refractivity contribution in [3.63, 3.8) is 0 Å². The average molecular weight is 367 g/mol. The second kappa shape index (κ2) is 7.06. The smallest absolute Gasteiger partial charge is 0.318 e. The number of fused-ring (bicyclic) bond motifs is 1. The van der Waals surface area contributed by atoms with Crippen LogP contribution in [0.15, 0.2) is 36.5 Å². The Morgan fingerprint density at radius 3 is 2.85 bits per heavy atom. The summed E-state index contributed by atoms with van der Waals surface area (Å²) in [5, 5.41) is 7.57. The van der Waals surface area contributed by atoms with Crippen LogP contribution in [0.1, 0.15) is 24.1 Å². The first kappa shape index (κ1) is 17.6. The lowest BCUT2D eigenvalue weighted by Crippen LogP contribution is -2.52. The Morgan fingerprint density at radius 2 is 2.07 bits per heavy atom. The van der Waals surface area contributed by atoms with Crippen LogP contribution in [-0.4, -0.2) is 57.7 Å². The molecule has 4 rings (SSSR count). The number of para-hydroxylation sites is 1. The maximum Gasteiger partial charge on any atom is 0.318 e. The third-order valence-corrected chi connectivity index (χ3v) is 5.65. The molecule has 1 aromatic carbocycles. The summed E-state index contributed by atoms with van der Waals surface area (Å²) in [5.41, 5.74) is 2.87. The highest BCUT2D eigenvalue weighted by atomic mass is 16.2. The summed E-state index contributed by atoms with van der Waals surface area (Å²) in [7, 11) is 1.82. The highest BCUT2D eigenvalue weighted by molar-refractivity contribution is 5.84. The molecule has 0 bridgehead atoms. The van der Waals surface area contributed by atoms with Gasteiger partial charge in [-0.15, -0.1) is 0 Å². The zero-order valence-electron chi connectivity index (χ0n) is 15.8. The largest absolute Gasteiger partial charge is 0.343 e. The number of nitrogens with one attached hydrogen (secondary N) is 1. The molecule has 0 aliphatic carbocycles. The molecule has 7 nitrogen and oxygen atoms in total. The fourth-order valence-corrected chi connectivity index (χ4v) is 4.13. The zero-order chi connectivity index (χ0) is 19.0. The molecular weight excluding hydrogens is 342 g/mol. The van der Waals surface area contributed by atoms with E-state index in [2.05, 4.69) is 10.4 Å². The molecule has 1 N–H and O–H groups in total. The number of urea groups is 1. The number of likely N-dealkylation sites (tertiary alicyclic amines) is 2. The first-order chi connectivity index (χ1) is 13.0. The molecule has 0 spiro atoms. The molecule has 27 heavy (non-hydrogen) atoms. The second-order valence-electron chi connectivity index (χ2n) is 7.41. The Balaban J connectivity index is 1.42. The van der Waals surface area contributed by atoms with Gasteiger partial charge in [-0.3, -0.25) is 4.79 Å². The van der Waals surface area contributed by atoms with Crippen molar-refractivity contribution in [2.45, 2.75) is 32.4 Å². The molecule has 2 saturated heterocycles. The molecule has 0 radical (unpaired) electrons. The molecule has 3 heterocycles. The summed E-state index contributed by atoms with van der Waals surface area (Å²) < 4.78 is 1.83. The van der Waals surface area contributed by atoms with Crippen LogP contribution >= 0.6 is 0 Å². The molecule has 3 amide bonds. The monoisotopic (exact) mass is 367 g/mol. The van der Waals surface area contributed by atoms with Crippen molar-refractivity contribution < 1.29 is 9.59 Å². The van der Waals surface area contributed by atoms with Crippen molar-refractivity contribution in [2.24, 2.45) is 5.92 Å². The average Bonchev–Trinajstić information content (AvgIpc) is 3.20. The van der Waals surface area contributed by atoms with E-state index >= 15 is 0 Å². The number of benzene rings is 1. The lowest BCUT2D eigenvalue weighted by atomic mass is 9.92. The van der Waals surface area contributed by atoms with Gasteiger partial charge >= 0.3 is 6.03 Å². The normalized spacial score (nSPS) is 22.1. The van der Waals surface area contributed by atoms with E-state index in [1.54, 1.807) is 4.90 Å². The number of amides is 3. The third kappa shape index (κ3) is 3.29. The Labute approximate surface area is 158 Å². The van der Waals surface area contributed by atoms with Crippen LogP contribution in [0.4, 0.5) is 4.79 Å². The minimum Gasteiger partial charge on any atom is -0.343 e. The van der Waals surface area contributed by atoms with Gasteiger partial charge in [0.2, 0.25) is 5.91 Å². The van der Waals surface area contributed by atoms with E-state index in [-0.39, 0.29) is 23.9 Å². The first-order valence-electron chi connectivity index (χ1n) is 9.44. The molecular formula is C20H25N5O2. The maximum atomic E-state index is 12.8. The number of aromatic nitrogens is 2. The number of piperidine rings is 1. The predicted molar refractivity (Wildman–Crippen MR) is 101 cm³/mol. The van der Waals surface area contributed by atoms with Crippen LogP contribution < -0.4 is 5.32 Å². The molecule has 2 aromatic rings. The maximum absolute atomic E-state index is 12.8. The van der Waals surface area contributed by atoms with Crippen LogP contribution in [0.5, 0.6) is 0 Å². The number of carbonyl (C=O) groups excluding carboxylic acids is 2. The molecule has 2 atom stereocenters. The quantitative estimate of drug-likeness (QED) is 0.901. The molecule has 2 aliphatic heterocycles. The van der Waals surface area contributed by atoms with Crippen molar-refractivity contribution in [3.05, 3.63) is 47.8 Å². The van der Waals surface area contributed by atoms with Gasteiger partial charge in [0, 0.05) is 38.4 Å². The van der Waals surface area contributed by atoms with Crippen LogP contribution in [0.3, 0.4) is 0 Å². The second-order valence-corrected chi connectivity index (χ2v) is 7.41. The number of nitrogens with zero attached hydrogens (tertiary/aromatic N) is 4. The Hall–Kier alpha value is -2.83. The fraction of sp³-hybridized carbons (Fsp3) is 0.450. The van der Waals surface area contributed by atoms with Gasteiger partial charge in [-0.05, 0) is 31.9 Å². The number of aryl methyl sites for hydroxylation is 1. The van der Waals surface area contributed by atoms with Gasteiger partial charge in [0.15, 0.2) is 0 Å². The molecule has 2 fully saturated rings.